The summed E-state index contributed by atoms with van der Waals surface area (Å²) in [6.45, 7) is 1.42. The minimum Gasteiger partial charge on any atom is -0.493 e. The predicted molar refractivity (Wildman–Crippen MR) is 173 cm³/mol. The zero-order valence-corrected chi connectivity index (χ0v) is 25.6. The van der Waals surface area contributed by atoms with Crippen LogP contribution in [-0.4, -0.2) is 48.1 Å². The Morgan fingerprint density at radius 2 is 1.41 bits per heavy atom. The fraction of sp³-hybridized carbons (Fsp3) is 0.176. The van der Waals surface area contributed by atoms with Crippen molar-refractivity contribution in [2.24, 2.45) is 5.73 Å². The maximum absolute atomic E-state index is 13.8. The second kappa shape index (κ2) is 16.7. The molecule has 1 amide bonds. The van der Waals surface area contributed by atoms with Crippen LogP contribution in [0.5, 0.6) is 17.2 Å². The number of hydrogen-bond donors (Lipinski definition) is 6. The molecule has 0 radical (unpaired) electrons. The van der Waals surface area contributed by atoms with Crippen LogP contribution in [0.15, 0.2) is 91.0 Å². The Labute approximate surface area is 266 Å². The molecule has 46 heavy (non-hydrogen) atoms. The third-order valence-electron chi connectivity index (χ3n) is 6.47. The van der Waals surface area contributed by atoms with Crippen molar-refractivity contribution in [2.75, 3.05) is 19.5 Å². The van der Waals surface area contributed by atoms with E-state index in [9.17, 15) is 14.7 Å². The number of carboxylic acid groups (broad SMARTS) is 2. The molecule has 0 aliphatic rings. The standard InChI is InChI=1S/C32H32N4O6.C2H4O2/c1-40-27-16-25(26(17-28(27)41-2)42-19-21-9-6-10-23(15-21)32(38)39)29(31(37)35-18-20-7-4-3-5-8-20)36-24-13-11-22(12-14-24)30(33)34;1-2(3)4/h3-17,29,36H,18-19H2,1-2H3,(H3,33,34)(H,35,37)(H,38,39);1H3,(H,3,4). The largest absolute Gasteiger partial charge is 0.493 e. The molecule has 240 valence electrons. The highest BCUT2D eigenvalue weighted by molar-refractivity contribution is 5.95. The first-order valence-electron chi connectivity index (χ1n) is 14.0. The number of amides is 1. The highest BCUT2D eigenvalue weighted by Gasteiger charge is 2.27. The maximum Gasteiger partial charge on any atom is 0.335 e. The van der Waals surface area contributed by atoms with Crippen molar-refractivity contribution in [1.29, 1.82) is 5.41 Å². The van der Waals surface area contributed by atoms with E-state index in [-0.39, 0.29) is 23.9 Å². The van der Waals surface area contributed by atoms with Gasteiger partial charge in [0.2, 0.25) is 5.91 Å². The number of rotatable bonds is 13. The number of nitrogens with one attached hydrogen (secondary N) is 3. The number of amidine groups is 1. The highest BCUT2D eigenvalue weighted by Crippen LogP contribution is 2.39. The van der Waals surface area contributed by atoms with Gasteiger partial charge >= 0.3 is 5.97 Å². The van der Waals surface area contributed by atoms with Gasteiger partial charge in [0.15, 0.2) is 11.5 Å². The molecule has 1 atom stereocenters. The number of ether oxygens (including phenoxy) is 3. The predicted octanol–water partition coefficient (Wildman–Crippen LogP) is 4.83. The fourth-order valence-corrected chi connectivity index (χ4v) is 4.27. The number of aliphatic carboxylic acids is 1. The summed E-state index contributed by atoms with van der Waals surface area (Å²) >= 11 is 0. The second-order valence-electron chi connectivity index (χ2n) is 9.83. The van der Waals surface area contributed by atoms with Crippen LogP contribution in [-0.2, 0) is 22.7 Å². The molecule has 0 spiro atoms. The quantitative estimate of drug-likeness (QED) is 0.0883. The first-order chi connectivity index (χ1) is 22.0. The lowest BCUT2D eigenvalue weighted by Gasteiger charge is -2.24. The monoisotopic (exact) mass is 628 g/mol. The number of benzene rings is 4. The topological polar surface area (TPSA) is 193 Å². The molecule has 0 saturated carbocycles. The molecule has 0 aliphatic heterocycles. The lowest BCUT2D eigenvalue weighted by atomic mass is 10.0. The van der Waals surface area contributed by atoms with Gasteiger partial charge in [-0.3, -0.25) is 15.0 Å². The van der Waals surface area contributed by atoms with E-state index in [1.807, 2.05) is 30.3 Å². The number of anilines is 1. The van der Waals surface area contributed by atoms with Crippen molar-refractivity contribution >= 4 is 29.4 Å². The van der Waals surface area contributed by atoms with Crippen LogP contribution in [0.4, 0.5) is 5.69 Å². The number of carbonyl (C=O) groups is 3. The third-order valence-corrected chi connectivity index (χ3v) is 6.47. The van der Waals surface area contributed by atoms with E-state index in [1.165, 1.54) is 26.4 Å². The molecule has 0 aliphatic carbocycles. The van der Waals surface area contributed by atoms with Gasteiger partial charge in [0.25, 0.3) is 5.97 Å². The molecule has 4 aromatic rings. The Hall–Kier alpha value is -6.04. The van der Waals surface area contributed by atoms with Crippen molar-refractivity contribution in [2.45, 2.75) is 26.1 Å². The van der Waals surface area contributed by atoms with Gasteiger partial charge in [-0.1, -0.05) is 42.5 Å². The average molecular weight is 629 g/mol. The smallest absolute Gasteiger partial charge is 0.335 e. The molecule has 0 bridgehead atoms. The van der Waals surface area contributed by atoms with E-state index in [1.54, 1.807) is 48.5 Å². The molecule has 1 unspecified atom stereocenters. The van der Waals surface area contributed by atoms with Gasteiger partial charge in [-0.2, -0.15) is 0 Å². The van der Waals surface area contributed by atoms with Gasteiger partial charge in [0.05, 0.1) is 19.8 Å². The lowest BCUT2D eigenvalue weighted by molar-refractivity contribution is -0.134. The minimum atomic E-state index is -1.04. The number of carbonyl (C=O) groups excluding carboxylic acids is 1. The van der Waals surface area contributed by atoms with Crippen molar-refractivity contribution in [3.8, 4) is 17.2 Å². The van der Waals surface area contributed by atoms with E-state index >= 15 is 0 Å². The summed E-state index contributed by atoms with van der Waals surface area (Å²) in [5, 5.41) is 30.7. The van der Waals surface area contributed by atoms with Crippen molar-refractivity contribution < 1.29 is 38.8 Å². The molecular formula is C34H36N4O8. The summed E-state index contributed by atoms with van der Waals surface area (Å²) in [5.74, 6) is -1.16. The summed E-state index contributed by atoms with van der Waals surface area (Å²) in [7, 11) is 2.99. The van der Waals surface area contributed by atoms with E-state index in [0.717, 1.165) is 12.5 Å². The van der Waals surface area contributed by atoms with Gasteiger partial charge in [-0.25, -0.2) is 4.79 Å². The first kappa shape index (κ1) is 34.5. The van der Waals surface area contributed by atoms with Crippen LogP contribution in [0.3, 0.4) is 0 Å². The van der Waals surface area contributed by atoms with Gasteiger partial charge in [0.1, 0.15) is 24.2 Å². The van der Waals surface area contributed by atoms with Crippen LogP contribution in [0.1, 0.15) is 45.6 Å². The first-order valence-corrected chi connectivity index (χ1v) is 14.0. The summed E-state index contributed by atoms with van der Waals surface area (Å²) in [6.07, 6.45) is 0. The number of aromatic carboxylic acids is 1. The molecule has 0 saturated heterocycles. The summed E-state index contributed by atoms with van der Waals surface area (Å²) in [5.41, 5.74) is 8.92. The van der Waals surface area contributed by atoms with Gasteiger partial charge in [-0.15, -0.1) is 0 Å². The van der Waals surface area contributed by atoms with Crippen molar-refractivity contribution in [3.63, 3.8) is 0 Å². The van der Waals surface area contributed by atoms with Crippen LogP contribution in [0.2, 0.25) is 0 Å². The number of nitrogen functional groups attached to an aromatic ring is 1. The Morgan fingerprint density at radius 1 is 0.804 bits per heavy atom. The van der Waals surface area contributed by atoms with Gasteiger partial charge in [-0.05, 0) is 53.6 Å². The van der Waals surface area contributed by atoms with Crippen LogP contribution in [0.25, 0.3) is 0 Å². The van der Waals surface area contributed by atoms with Crippen LogP contribution in [0, 0.1) is 5.41 Å². The maximum atomic E-state index is 13.8. The molecular weight excluding hydrogens is 592 g/mol. The van der Waals surface area contributed by atoms with Crippen LogP contribution >= 0.6 is 0 Å². The number of methoxy groups -OCH3 is 2. The van der Waals surface area contributed by atoms with E-state index in [2.05, 4.69) is 10.6 Å². The normalized spacial score (nSPS) is 10.8. The van der Waals surface area contributed by atoms with Crippen LogP contribution < -0.4 is 30.6 Å². The molecule has 12 heteroatoms. The van der Waals surface area contributed by atoms with Crippen molar-refractivity contribution in [1.82, 2.24) is 5.32 Å². The third kappa shape index (κ3) is 10.0. The Kier molecular flexibility index (Phi) is 12.5. The zero-order chi connectivity index (χ0) is 33.6. The Morgan fingerprint density at radius 3 is 2.00 bits per heavy atom. The SMILES string of the molecule is CC(=O)O.COc1cc(OCc2cccc(C(=O)O)c2)c(C(Nc2ccc(C(=N)N)cc2)C(=O)NCc2ccccc2)cc1OC. The number of carboxylic acids is 2. The van der Waals surface area contributed by atoms with Crippen molar-refractivity contribution in [3.05, 3.63) is 119 Å². The molecule has 0 heterocycles. The Bertz CT molecular complexity index is 1660. The molecule has 0 aromatic heterocycles. The molecule has 4 rings (SSSR count). The number of hydrogen-bond acceptors (Lipinski definition) is 8. The summed E-state index contributed by atoms with van der Waals surface area (Å²) in [6, 6.07) is 25.1. The molecule has 12 nitrogen and oxygen atoms in total. The molecule has 4 aromatic carbocycles. The molecule has 7 N–H and O–H groups in total. The fourth-order valence-electron chi connectivity index (χ4n) is 4.27. The number of nitrogens with two attached hydrogens (primary N) is 1. The molecule has 0 fully saturated rings. The van der Waals surface area contributed by atoms with E-state index in [4.69, 9.17) is 35.3 Å². The second-order valence-corrected chi connectivity index (χ2v) is 9.83. The summed E-state index contributed by atoms with van der Waals surface area (Å²) < 4.78 is 17.2. The lowest BCUT2D eigenvalue weighted by Crippen LogP contribution is -2.33. The summed E-state index contributed by atoms with van der Waals surface area (Å²) in [4.78, 5) is 34.2. The minimum absolute atomic E-state index is 0.0370. The van der Waals surface area contributed by atoms with Gasteiger partial charge < -0.3 is 40.8 Å². The van der Waals surface area contributed by atoms with E-state index < -0.39 is 18.0 Å². The van der Waals surface area contributed by atoms with E-state index in [0.29, 0.717) is 46.2 Å². The van der Waals surface area contributed by atoms with Gasteiger partial charge in [0, 0.05) is 36.3 Å². The zero-order valence-electron chi connectivity index (χ0n) is 25.6. The highest BCUT2D eigenvalue weighted by atomic mass is 16.5. The average Bonchev–Trinajstić information content (AvgIpc) is 3.05. The Balaban J connectivity index is 0.00000136.